The first-order valence-electron chi connectivity index (χ1n) is 6.83. The standard InChI is InChI=1S/C14H23N5/c1-5-14-12(9-18(4)17-14)13(15)8-11-6-7-19(16-11)10(2)3/h6-7,9-10,13H,5,8,15H2,1-4H3. The molecule has 2 aromatic rings. The van der Waals surface area contributed by atoms with Crippen molar-refractivity contribution in [2.45, 2.75) is 45.7 Å². The average molecular weight is 261 g/mol. The number of aryl methyl sites for hydroxylation is 2. The first-order valence-corrected chi connectivity index (χ1v) is 6.83. The molecule has 0 aliphatic heterocycles. The third-order valence-corrected chi connectivity index (χ3v) is 3.29. The van der Waals surface area contributed by atoms with Crippen LogP contribution < -0.4 is 5.73 Å². The lowest BCUT2D eigenvalue weighted by Crippen LogP contribution is -2.15. The molecule has 0 fully saturated rings. The fourth-order valence-electron chi connectivity index (χ4n) is 2.25. The lowest BCUT2D eigenvalue weighted by atomic mass is 10.0. The summed E-state index contributed by atoms with van der Waals surface area (Å²) in [5, 5.41) is 8.98. The van der Waals surface area contributed by atoms with Crippen LogP contribution in [0.5, 0.6) is 0 Å². The Bertz CT molecular complexity index is 538. The molecule has 5 heteroatoms. The minimum absolute atomic E-state index is 0.0424. The van der Waals surface area contributed by atoms with E-state index < -0.39 is 0 Å². The zero-order valence-corrected chi connectivity index (χ0v) is 12.2. The Morgan fingerprint density at radius 3 is 2.63 bits per heavy atom. The summed E-state index contributed by atoms with van der Waals surface area (Å²) in [4.78, 5) is 0. The Morgan fingerprint density at radius 2 is 2.05 bits per heavy atom. The van der Waals surface area contributed by atoms with E-state index in [2.05, 4.69) is 31.0 Å². The van der Waals surface area contributed by atoms with Gasteiger partial charge in [-0.15, -0.1) is 0 Å². The molecule has 0 aromatic carbocycles. The van der Waals surface area contributed by atoms with Gasteiger partial charge in [-0.25, -0.2) is 0 Å². The summed E-state index contributed by atoms with van der Waals surface area (Å²) in [6.45, 7) is 6.34. The highest BCUT2D eigenvalue weighted by atomic mass is 15.3. The summed E-state index contributed by atoms with van der Waals surface area (Å²) in [6, 6.07) is 2.38. The smallest absolute Gasteiger partial charge is 0.0669 e. The van der Waals surface area contributed by atoms with Gasteiger partial charge in [0.2, 0.25) is 0 Å². The molecular formula is C14H23N5. The normalized spacial score (nSPS) is 13.2. The second-order valence-corrected chi connectivity index (χ2v) is 5.25. The molecule has 104 valence electrons. The van der Waals surface area contributed by atoms with Crippen LogP contribution in [0, 0.1) is 0 Å². The molecule has 0 bridgehead atoms. The van der Waals surface area contributed by atoms with Gasteiger partial charge in [-0.05, 0) is 26.3 Å². The second kappa shape index (κ2) is 5.57. The first kappa shape index (κ1) is 13.8. The van der Waals surface area contributed by atoms with E-state index >= 15 is 0 Å². The van der Waals surface area contributed by atoms with E-state index in [1.165, 1.54) is 0 Å². The van der Waals surface area contributed by atoms with E-state index in [1.54, 1.807) is 0 Å². The number of rotatable bonds is 5. The fourth-order valence-corrected chi connectivity index (χ4v) is 2.25. The largest absolute Gasteiger partial charge is 0.324 e. The highest BCUT2D eigenvalue weighted by Crippen LogP contribution is 2.19. The summed E-state index contributed by atoms with van der Waals surface area (Å²) in [5.41, 5.74) is 9.54. The predicted molar refractivity (Wildman–Crippen MR) is 75.8 cm³/mol. The third-order valence-electron chi connectivity index (χ3n) is 3.29. The number of aromatic nitrogens is 4. The van der Waals surface area contributed by atoms with Gasteiger partial charge in [-0.2, -0.15) is 10.2 Å². The van der Waals surface area contributed by atoms with E-state index in [-0.39, 0.29) is 6.04 Å². The van der Waals surface area contributed by atoms with Crippen LogP contribution in [0.4, 0.5) is 0 Å². The molecule has 0 saturated heterocycles. The van der Waals surface area contributed by atoms with Crippen LogP contribution in [0.2, 0.25) is 0 Å². The topological polar surface area (TPSA) is 61.7 Å². The monoisotopic (exact) mass is 261 g/mol. The zero-order valence-electron chi connectivity index (χ0n) is 12.2. The lowest BCUT2D eigenvalue weighted by Gasteiger charge is -2.10. The van der Waals surface area contributed by atoms with E-state index in [9.17, 15) is 0 Å². The number of nitrogens with two attached hydrogens (primary N) is 1. The van der Waals surface area contributed by atoms with Crippen LogP contribution in [0.3, 0.4) is 0 Å². The minimum Gasteiger partial charge on any atom is -0.324 e. The highest BCUT2D eigenvalue weighted by molar-refractivity contribution is 5.22. The predicted octanol–water partition coefficient (Wildman–Crippen LogP) is 2.00. The molecule has 5 nitrogen and oxygen atoms in total. The van der Waals surface area contributed by atoms with Gasteiger partial charge in [-0.3, -0.25) is 9.36 Å². The van der Waals surface area contributed by atoms with Gasteiger partial charge >= 0.3 is 0 Å². The molecule has 0 amide bonds. The van der Waals surface area contributed by atoms with Crippen molar-refractivity contribution in [3.8, 4) is 0 Å². The molecule has 2 aromatic heterocycles. The van der Waals surface area contributed by atoms with Crippen LogP contribution >= 0.6 is 0 Å². The van der Waals surface area contributed by atoms with Crippen molar-refractivity contribution in [3.63, 3.8) is 0 Å². The molecule has 0 saturated carbocycles. The van der Waals surface area contributed by atoms with Crippen LogP contribution in [-0.4, -0.2) is 19.6 Å². The van der Waals surface area contributed by atoms with Crippen molar-refractivity contribution >= 4 is 0 Å². The van der Waals surface area contributed by atoms with Crippen LogP contribution in [0.1, 0.15) is 49.8 Å². The quantitative estimate of drug-likeness (QED) is 0.895. The Morgan fingerprint density at radius 1 is 1.32 bits per heavy atom. The summed E-state index contributed by atoms with van der Waals surface area (Å²) in [7, 11) is 1.93. The van der Waals surface area contributed by atoms with Gasteiger partial charge in [-0.1, -0.05) is 6.92 Å². The maximum atomic E-state index is 6.30. The number of hydrogen-bond donors (Lipinski definition) is 1. The maximum absolute atomic E-state index is 6.30. The average Bonchev–Trinajstić information content (AvgIpc) is 2.95. The van der Waals surface area contributed by atoms with Crippen molar-refractivity contribution < 1.29 is 0 Å². The Balaban J connectivity index is 2.13. The summed E-state index contributed by atoms with van der Waals surface area (Å²) >= 11 is 0. The first-order chi connectivity index (χ1) is 9.01. The number of hydrogen-bond acceptors (Lipinski definition) is 3. The molecule has 2 N–H and O–H groups in total. The molecule has 19 heavy (non-hydrogen) atoms. The van der Waals surface area contributed by atoms with Gasteiger partial charge in [0.05, 0.1) is 11.4 Å². The minimum atomic E-state index is -0.0424. The number of nitrogens with zero attached hydrogens (tertiary/aromatic N) is 4. The van der Waals surface area contributed by atoms with Crippen molar-refractivity contribution in [2.24, 2.45) is 12.8 Å². The van der Waals surface area contributed by atoms with Crippen molar-refractivity contribution in [3.05, 3.63) is 35.4 Å². The molecular weight excluding hydrogens is 238 g/mol. The van der Waals surface area contributed by atoms with E-state index in [1.807, 2.05) is 34.9 Å². The molecule has 2 rings (SSSR count). The van der Waals surface area contributed by atoms with Gasteiger partial charge < -0.3 is 5.73 Å². The SMILES string of the molecule is CCc1nn(C)cc1C(N)Cc1ccn(C(C)C)n1. The highest BCUT2D eigenvalue weighted by Gasteiger charge is 2.15. The molecule has 2 heterocycles. The molecule has 1 atom stereocenters. The Kier molecular flexibility index (Phi) is 4.04. The molecule has 1 unspecified atom stereocenters. The Labute approximate surface area is 114 Å². The van der Waals surface area contributed by atoms with Crippen molar-refractivity contribution in [2.75, 3.05) is 0 Å². The van der Waals surface area contributed by atoms with Gasteiger partial charge in [0.15, 0.2) is 0 Å². The lowest BCUT2D eigenvalue weighted by molar-refractivity contribution is 0.522. The van der Waals surface area contributed by atoms with Gasteiger partial charge in [0.25, 0.3) is 0 Å². The van der Waals surface area contributed by atoms with Gasteiger partial charge in [0.1, 0.15) is 0 Å². The maximum Gasteiger partial charge on any atom is 0.0669 e. The third kappa shape index (κ3) is 3.04. The summed E-state index contributed by atoms with van der Waals surface area (Å²) < 4.78 is 3.80. The molecule has 0 spiro atoms. The summed E-state index contributed by atoms with van der Waals surface area (Å²) in [5.74, 6) is 0. The van der Waals surface area contributed by atoms with Crippen LogP contribution in [0.15, 0.2) is 18.5 Å². The van der Waals surface area contributed by atoms with Crippen molar-refractivity contribution in [1.82, 2.24) is 19.6 Å². The molecule has 0 aliphatic carbocycles. The van der Waals surface area contributed by atoms with E-state index in [0.717, 1.165) is 29.8 Å². The van der Waals surface area contributed by atoms with Crippen LogP contribution in [0.25, 0.3) is 0 Å². The van der Waals surface area contributed by atoms with Gasteiger partial charge in [0, 0.05) is 43.5 Å². The van der Waals surface area contributed by atoms with E-state index in [4.69, 9.17) is 5.73 Å². The van der Waals surface area contributed by atoms with Crippen LogP contribution in [-0.2, 0) is 19.9 Å². The molecule has 0 aliphatic rings. The Hall–Kier alpha value is -1.62. The second-order valence-electron chi connectivity index (χ2n) is 5.25. The zero-order chi connectivity index (χ0) is 14.0. The molecule has 0 radical (unpaired) electrons. The van der Waals surface area contributed by atoms with E-state index in [0.29, 0.717) is 6.04 Å². The van der Waals surface area contributed by atoms with Crippen molar-refractivity contribution in [1.29, 1.82) is 0 Å². The summed E-state index contributed by atoms with van der Waals surface area (Å²) in [6.07, 6.45) is 5.68. The fraction of sp³-hybridized carbons (Fsp3) is 0.571.